The van der Waals surface area contributed by atoms with E-state index in [0.29, 0.717) is 94.8 Å². The first kappa shape index (κ1) is 31.4. The first-order valence-corrected chi connectivity index (χ1v) is 18.8. The number of H-pyrrole nitrogens is 2. The molecule has 15 heteroatoms. The number of Topliss-reactive ketones (excluding diaryl/α,β-unsaturated/α-hetero) is 1. The molecule has 4 atom stereocenters. The molecule has 0 amide bonds. The number of hydrogen-bond donors (Lipinski definition) is 2. The van der Waals surface area contributed by atoms with Gasteiger partial charge < -0.3 is 28.3 Å². The summed E-state index contributed by atoms with van der Waals surface area (Å²) in [6.07, 6.45) is 8.50. The molecule has 2 saturated heterocycles. The predicted molar refractivity (Wildman–Crippen MR) is 193 cm³/mol. The summed E-state index contributed by atoms with van der Waals surface area (Å²) in [4.78, 5) is 50.9. The van der Waals surface area contributed by atoms with Crippen LogP contribution >= 0.6 is 22.7 Å². The van der Waals surface area contributed by atoms with Gasteiger partial charge in [-0.3, -0.25) is 4.79 Å². The van der Waals surface area contributed by atoms with Crippen LogP contribution in [0.15, 0.2) is 82.3 Å². The molecule has 0 aromatic carbocycles. The van der Waals surface area contributed by atoms with E-state index in [2.05, 4.69) is 29.9 Å². The van der Waals surface area contributed by atoms with Gasteiger partial charge in [0.25, 0.3) is 0 Å². The highest BCUT2D eigenvalue weighted by Gasteiger charge is 2.39. The molecule has 260 valence electrons. The molecule has 0 saturated carbocycles. The van der Waals surface area contributed by atoms with Gasteiger partial charge in [0.05, 0.1) is 45.5 Å². The Hall–Kier alpha value is -5.35. The number of imidazole rings is 2. The third kappa shape index (κ3) is 5.66. The Morgan fingerprint density at radius 1 is 0.654 bits per heavy atom. The minimum absolute atomic E-state index is 0.169. The molecule has 8 aromatic heterocycles. The zero-order valence-electron chi connectivity index (χ0n) is 27.5. The Morgan fingerprint density at radius 3 is 1.60 bits per heavy atom. The summed E-state index contributed by atoms with van der Waals surface area (Å²) in [6, 6.07) is 15.1. The number of furan rings is 2. The van der Waals surface area contributed by atoms with Gasteiger partial charge in [0, 0.05) is 37.4 Å². The van der Waals surface area contributed by atoms with Crippen LogP contribution in [0.25, 0.3) is 66.9 Å². The van der Waals surface area contributed by atoms with E-state index in [9.17, 15) is 4.79 Å². The summed E-state index contributed by atoms with van der Waals surface area (Å²) >= 11 is 3.01. The highest BCUT2D eigenvalue weighted by Crippen LogP contribution is 2.46. The molecular formula is C37H30N8O5S2. The molecule has 0 aliphatic carbocycles. The van der Waals surface area contributed by atoms with Gasteiger partial charge in [-0.1, -0.05) is 0 Å². The van der Waals surface area contributed by atoms with Gasteiger partial charge in [-0.25, -0.2) is 29.9 Å². The Balaban J connectivity index is 0.915. The molecule has 2 fully saturated rings. The number of ketones is 1. The lowest BCUT2D eigenvalue weighted by Crippen LogP contribution is -2.34. The maximum Gasteiger partial charge on any atom is 0.178 e. The Bertz CT molecular complexity index is 2280. The Morgan fingerprint density at radius 2 is 1.15 bits per heavy atom. The Kier molecular flexibility index (Phi) is 7.85. The normalized spacial score (nSPS) is 20.9. The maximum atomic E-state index is 14.4. The highest BCUT2D eigenvalue weighted by molar-refractivity contribution is 7.15. The third-order valence-corrected chi connectivity index (χ3v) is 12.0. The summed E-state index contributed by atoms with van der Waals surface area (Å²) < 4.78 is 24.4. The molecule has 0 spiro atoms. The number of pyridine rings is 2. The molecule has 52 heavy (non-hydrogen) atoms. The molecular weight excluding hydrogens is 701 g/mol. The number of aromatic amines is 2. The molecule has 4 unspecified atom stereocenters. The topological polar surface area (TPSA) is 171 Å². The van der Waals surface area contributed by atoms with Crippen LogP contribution in [0.5, 0.6) is 0 Å². The fourth-order valence-electron chi connectivity index (χ4n) is 7.18. The number of carbonyl (C=O) groups excluding carboxylic acids is 1. The fraction of sp³-hybridized carbons (Fsp3) is 0.270. The van der Waals surface area contributed by atoms with Gasteiger partial charge in [-0.05, 0) is 74.2 Å². The maximum absolute atomic E-state index is 14.4. The predicted octanol–water partition coefficient (Wildman–Crippen LogP) is 8.20. The number of thiazole rings is 2. The largest absolute Gasteiger partial charge is 0.463 e. The molecule has 13 nitrogen and oxygen atoms in total. The van der Waals surface area contributed by atoms with Crippen LogP contribution in [0, 0.1) is 11.8 Å². The van der Waals surface area contributed by atoms with E-state index in [0.717, 1.165) is 20.8 Å². The van der Waals surface area contributed by atoms with Gasteiger partial charge >= 0.3 is 0 Å². The van der Waals surface area contributed by atoms with Crippen LogP contribution in [0.1, 0.15) is 47.6 Å². The second-order valence-corrected chi connectivity index (χ2v) is 15.0. The van der Waals surface area contributed by atoms with Crippen molar-refractivity contribution in [1.82, 2.24) is 39.9 Å². The van der Waals surface area contributed by atoms with Crippen LogP contribution in [0.3, 0.4) is 0 Å². The first-order chi connectivity index (χ1) is 25.6. The van der Waals surface area contributed by atoms with E-state index in [1.807, 2.05) is 48.5 Å². The van der Waals surface area contributed by atoms with Crippen molar-refractivity contribution in [3.63, 3.8) is 0 Å². The van der Waals surface area contributed by atoms with Crippen molar-refractivity contribution in [1.29, 1.82) is 0 Å². The standard InChI is InChI=1S/C37H30N8O5S2/c46-29(19-9-15-49-25(17-19)30-27(23-7-3-13-47-23)42-36(51-30)34-40-21-5-1-11-38-32(21)44-34)20-10-16-50-26(18-20)31-28(24-8-4-14-48-24)43-37(52-31)35-41-22-6-2-12-39-33(22)45-35/h1-8,11-14,19-20,25-26H,9-10,15-18H2,(H,38,40,44)(H,39,41,45). The lowest BCUT2D eigenvalue weighted by Gasteiger charge is -2.34. The number of fused-ring (bicyclic) bond motifs is 2. The summed E-state index contributed by atoms with van der Waals surface area (Å²) in [7, 11) is 0. The van der Waals surface area contributed by atoms with Crippen LogP contribution in [-0.4, -0.2) is 58.9 Å². The fourth-order valence-corrected chi connectivity index (χ4v) is 9.34. The van der Waals surface area contributed by atoms with Gasteiger partial charge in [-0.15, -0.1) is 22.7 Å². The summed E-state index contributed by atoms with van der Waals surface area (Å²) in [6.45, 7) is 0.945. The molecule has 2 N–H and O–H groups in total. The zero-order valence-corrected chi connectivity index (χ0v) is 29.2. The molecule has 2 aliphatic rings. The van der Waals surface area contributed by atoms with E-state index >= 15 is 0 Å². The zero-order chi connectivity index (χ0) is 34.6. The van der Waals surface area contributed by atoms with Gasteiger partial charge in [0.1, 0.15) is 17.2 Å². The average molecular weight is 731 g/mol. The van der Waals surface area contributed by atoms with E-state index in [1.54, 1.807) is 24.9 Å². The van der Waals surface area contributed by atoms with Crippen LogP contribution in [-0.2, 0) is 14.3 Å². The Labute approximate surface area is 303 Å². The third-order valence-electron chi connectivity index (χ3n) is 9.69. The number of nitrogens with zero attached hydrogens (tertiary/aromatic N) is 6. The molecule has 10 heterocycles. The SMILES string of the molecule is O=C(C1CCOC(c2sc(-c3nc4ncccc4[nH]3)nc2-c2ccco2)C1)C1CCOC(c2sc(-c3nc4ncccc4[nH]3)nc2-c2ccco2)C1. The van der Waals surface area contributed by atoms with Crippen molar-refractivity contribution in [2.24, 2.45) is 11.8 Å². The smallest absolute Gasteiger partial charge is 0.178 e. The molecule has 0 radical (unpaired) electrons. The minimum atomic E-state index is -0.319. The van der Waals surface area contributed by atoms with Crippen molar-refractivity contribution in [2.45, 2.75) is 37.9 Å². The van der Waals surface area contributed by atoms with Crippen molar-refractivity contribution in [3.05, 3.63) is 83.2 Å². The van der Waals surface area contributed by atoms with Crippen molar-refractivity contribution in [3.8, 4) is 44.6 Å². The summed E-state index contributed by atoms with van der Waals surface area (Å²) in [5.41, 5.74) is 4.33. The second-order valence-electron chi connectivity index (χ2n) is 12.9. The first-order valence-electron chi connectivity index (χ1n) is 17.1. The van der Waals surface area contributed by atoms with Crippen molar-refractivity contribution < 1.29 is 23.1 Å². The molecule has 2 aliphatic heterocycles. The van der Waals surface area contributed by atoms with E-state index in [4.69, 9.17) is 28.3 Å². The quantitative estimate of drug-likeness (QED) is 0.154. The number of rotatable bonds is 8. The second kappa shape index (κ2) is 13.0. The molecule has 10 rings (SSSR count). The monoisotopic (exact) mass is 730 g/mol. The molecule has 8 aromatic rings. The van der Waals surface area contributed by atoms with Crippen LogP contribution in [0.2, 0.25) is 0 Å². The van der Waals surface area contributed by atoms with E-state index in [1.165, 1.54) is 22.7 Å². The number of nitrogens with one attached hydrogen (secondary N) is 2. The number of carbonyl (C=O) groups is 1. The van der Waals surface area contributed by atoms with Crippen LogP contribution in [0.4, 0.5) is 0 Å². The molecule has 0 bridgehead atoms. The van der Waals surface area contributed by atoms with Gasteiger partial charge in [-0.2, -0.15) is 0 Å². The van der Waals surface area contributed by atoms with Crippen molar-refractivity contribution in [2.75, 3.05) is 13.2 Å². The van der Waals surface area contributed by atoms with Crippen LogP contribution < -0.4 is 0 Å². The van der Waals surface area contributed by atoms with E-state index in [-0.39, 0.29) is 29.8 Å². The highest BCUT2D eigenvalue weighted by atomic mass is 32.1. The lowest BCUT2D eigenvalue weighted by molar-refractivity contribution is -0.137. The minimum Gasteiger partial charge on any atom is -0.463 e. The van der Waals surface area contributed by atoms with E-state index < -0.39 is 0 Å². The number of ether oxygens (including phenoxy) is 2. The average Bonchev–Trinajstić information content (AvgIpc) is 4.03. The summed E-state index contributed by atoms with van der Waals surface area (Å²) in [5, 5.41) is 1.41. The number of hydrogen-bond acceptors (Lipinski definition) is 13. The summed E-state index contributed by atoms with van der Waals surface area (Å²) in [5.74, 6) is 2.47. The number of aromatic nitrogens is 8. The van der Waals surface area contributed by atoms with Crippen molar-refractivity contribution >= 4 is 50.8 Å². The van der Waals surface area contributed by atoms with Gasteiger partial charge in [0.2, 0.25) is 0 Å². The lowest BCUT2D eigenvalue weighted by atomic mass is 9.80. The van der Waals surface area contributed by atoms with Gasteiger partial charge in [0.15, 0.2) is 44.5 Å².